The number of carbonyl (C=O) groups is 2. The first-order valence-corrected chi connectivity index (χ1v) is 12.2. The third-order valence-corrected chi connectivity index (χ3v) is 6.72. The Kier molecular flexibility index (Phi) is 7.43. The molecule has 2 aromatic rings. The van der Waals surface area contributed by atoms with Crippen LogP contribution in [0, 0.1) is 5.92 Å². The predicted octanol–water partition coefficient (Wildman–Crippen LogP) is 3.99. The van der Waals surface area contributed by atoms with E-state index in [1.165, 1.54) is 6.42 Å². The number of rotatable bonds is 6. The summed E-state index contributed by atoms with van der Waals surface area (Å²) < 4.78 is 6.20. The van der Waals surface area contributed by atoms with Crippen molar-refractivity contribution in [3.63, 3.8) is 0 Å². The molecule has 0 radical (unpaired) electrons. The molecule has 1 aliphatic carbocycles. The van der Waals surface area contributed by atoms with Gasteiger partial charge in [0, 0.05) is 37.3 Å². The van der Waals surface area contributed by atoms with Gasteiger partial charge in [-0.3, -0.25) is 14.6 Å². The van der Waals surface area contributed by atoms with Crippen LogP contribution >= 0.6 is 0 Å². The third-order valence-electron chi connectivity index (χ3n) is 6.72. The molecule has 1 saturated heterocycles. The van der Waals surface area contributed by atoms with E-state index in [1.54, 1.807) is 6.20 Å². The zero-order chi connectivity index (χ0) is 23.3. The van der Waals surface area contributed by atoms with Crippen molar-refractivity contribution < 1.29 is 14.3 Å². The molecule has 1 saturated carbocycles. The average Bonchev–Trinajstić information content (AvgIpc) is 2.85. The van der Waals surface area contributed by atoms with Crippen LogP contribution in [-0.4, -0.2) is 53.0 Å². The van der Waals surface area contributed by atoms with Crippen molar-refractivity contribution in [1.82, 2.24) is 15.2 Å². The first-order chi connectivity index (χ1) is 16.0. The number of pyridine rings is 1. The summed E-state index contributed by atoms with van der Waals surface area (Å²) in [5.41, 5.74) is 2.05. The number of hydrogen-bond acceptors (Lipinski definition) is 4. The second-order valence-electron chi connectivity index (χ2n) is 9.68. The highest BCUT2D eigenvalue weighted by atomic mass is 16.5. The van der Waals surface area contributed by atoms with Gasteiger partial charge >= 0.3 is 0 Å². The normalized spacial score (nSPS) is 21.7. The van der Waals surface area contributed by atoms with Crippen molar-refractivity contribution in [3.05, 3.63) is 54.4 Å². The van der Waals surface area contributed by atoms with Crippen molar-refractivity contribution in [3.8, 4) is 11.1 Å². The van der Waals surface area contributed by atoms with Crippen molar-refractivity contribution >= 4 is 11.8 Å². The first-order valence-electron chi connectivity index (χ1n) is 12.2. The van der Waals surface area contributed by atoms with E-state index in [0.717, 1.165) is 42.4 Å². The largest absolute Gasteiger partial charge is 0.361 e. The maximum absolute atomic E-state index is 13.4. The van der Waals surface area contributed by atoms with E-state index in [9.17, 15) is 9.59 Å². The number of hydrogen-bond donors (Lipinski definition) is 1. The van der Waals surface area contributed by atoms with Gasteiger partial charge in [0.2, 0.25) is 5.91 Å². The molecule has 2 aliphatic rings. The summed E-state index contributed by atoms with van der Waals surface area (Å²) in [7, 11) is 0. The van der Waals surface area contributed by atoms with Crippen LogP contribution in [0.4, 0.5) is 0 Å². The molecule has 176 valence electrons. The number of nitrogens with zero attached hydrogens (tertiary/aromatic N) is 2. The molecule has 33 heavy (non-hydrogen) atoms. The number of benzene rings is 1. The monoisotopic (exact) mass is 449 g/mol. The Morgan fingerprint density at radius 1 is 1.12 bits per heavy atom. The van der Waals surface area contributed by atoms with E-state index in [2.05, 4.69) is 10.3 Å². The molecule has 1 aromatic heterocycles. The van der Waals surface area contributed by atoms with Gasteiger partial charge in [-0.2, -0.15) is 0 Å². The highest BCUT2D eigenvalue weighted by molar-refractivity contribution is 5.88. The van der Waals surface area contributed by atoms with Crippen LogP contribution in [0.25, 0.3) is 11.1 Å². The third kappa shape index (κ3) is 5.61. The summed E-state index contributed by atoms with van der Waals surface area (Å²) in [5, 5.41) is 3.04. The first kappa shape index (κ1) is 23.4. The highest BCUT2D eigenvalue weighted by Crippen LogP contribution is 2.30. The topological polar surface area (TPSA) is 71.5 Å². The van der Waals surface area contributed by atoms with E-state index >= 15 is 0 Å². The lowest BCUT2D eigenvalue weighted by Gasteiger charge is -2.43. The highest BCUT2D eigenvalue weighted by Gasteiger charge is 2.46. The van der Waals surface area contributed by atoms with Crippen LogP contribution in [-0.2, 0) is 20.7 Å². The molecule has 0 unspecified atom stereocenters. The Bertz CT molecular complexity index is 939. The molecule has 1 aliphatic heterocycles. The van der Waals surface area contributed by atoms with Gasteiger partial charge < -0.3 is 15.0 Å². The SMILES string of the molecule is CC(C)NC(=O)[C@@]1(Cc2ccc(-c3cccnc3)cc2)CN(C(=O)C2CCCCC2)CCO1. The van der Waals surface area contributed by atoms with Crippen molar-refractivity contribution in [2.75, 3.05) is 19.7 Å². The fourth-order valence-electron chi connectivity index (χ4n) is 4.98. The molecule has 2 amide bonds. The average molecular weight is 450 g/mol. The second kappa shape index (κ2) is 10.5. The zero-order valence-electron chi connectivity index (χ0n) is 19.8. The number of morpholine rings is 1. The van der Waals surface area contributed by atoms with Crippen molar-refractivity contribution in [2.45, 2.75) is 64.0 Å². The number of carbonyl (C=O) groups excluding carboxylic acids is 2. The number of nitrogens with one attached hydrogen (secondary N) is 1. The summed E-state index contributed by atoms with van der Waals surface area (Å²) in [5.74, 6) is 0.128. The van der Waals surface area contributed by atoms with Crippen LogP contribution in [0.1, 0.15) is 51.5 Å². The summed E-state index contributed by atoms with van der Waals surface area (Å²) >= 11 is 0. The van der Waals surface area contributed by atoms with Gasteiger partial charge in [0.1, 0.15) is 0 Å². The molecule has 2 fully saturated rings. The van der Waals surface area contributed by atoms with E-state index in [0.29, 0.717) is 26.1 Å². The number of ether oxygens (including phenoxy) is 1. The van der Waals surface area contributed by atoms with Gasteiger partial charge in [-0.15, -0.1) is 0 Å². The van der Waals surface area contributed by atoms with E-state index in [4.69, 9.17) is 4.74 Å². The smallest absolute Gasteiger partial charge is 0.254 e. The van der Waals surface area contributed by atoms with Crippen LogP contribution in [0.5, 0.6) is 0 Å². The molecule has 0 bridgehead atoms. The molecular formula is C27H35N3O3. The Balaban J connectivity index is 1.55. The summed E-state index contributed by atoms with van der Waals surface area (Å²) in [6.45, 7) is 5.11. The maximum Gasteiger partial charge on any atom is 0.254 e. The van der Waals surface area contributed by atoms with Gasteiger partial charge in [-0.25, -0.2) is 0 Å². The predicted molar refractivity (Wildman–Crippen MR) is 128 cm³/mol. The molecule has 1 N–H and O–H groups in total. The molecule has 0 spiro atoms. The van der Waals surface area contributed by atoms with E-state index in [-0.39, 0.29) is 23.8 Å². The molecule has 4 rings (SSSR count). The lowest BCUT2D eigenvalue weighted by atomic mass is 9.86. The molecule has 6 nitrogen and oxygen atoms in total. The van der Waals surface area contributed by atoms with Gasteiger partial charge in [-0.1, -0.05) is 49.6 Å². The zero-order valence-corrected chi connectivity index (χ0v) is 19.8. The summed E-state index contributed by atoms with van der Waals surface area (Å²) in [6, 6.07) is 12.1. The Labute approximate surface area is 196 Å². The van der Waals surface area contributed by atoms with Gasteiger partial charge in [0.25, 0.3) is 5.91 Å². The molecule has 2 heterocycles. The number of amides is 2. The lowest BCUT2D eigenvalue weighted by Crippen LogP contribution is -2.63. The molecule has 6 heteroatoms. The van der Waals surface area contributed by atoms with E-state index in [1.807, 2.05) is 61.3 Å². The van der Waals surface area contributed by atoms with Gasteiger partial charge in [-0.05, 0) is 49.4 Å². The minimum Gasteiger partial charge on any atom is -0.361 e. The maximum atomic E-state index is 13.4. The van der Waals surface area contributed by atoms with Crippen LogP contribution in [0.3, 0.4) is 0 Å². The quantitative estimate of drug-likeness (QED) is 0.724. The van der Waals surface area contributed by atoms with E-state index < -0.39 is 5.60 Å². The summed E-state index contributed by atoms with van der Waals surface area (Å²) in [6.07, 6.45) is 9.37. The molecule has 1 aromatic carbocycles. The van der Waals surface area contributed by atoms with Crippen LogP contribution < -0.4 is 5.32 Å². The van der Waals surface area contributed by atoms with Crippen LogP contribution in [0.15, 0.2) is 48.8 Å². The minimum absolute atomic E-state index is 0.00430. The van der Waals surface area contributed by atoms with Gasteiger partial charge in [0.15, 0.2) is 5.60 Å². The fraction of sp³-hybridized carbons (Fsp3) is 0.519. The van der Waals surface area contributed by atoms with Crippen molar-refractivity contribution in [2.24, 2.45) is 5.92 Å². The Hall–Kier alpha value is -2.73. The Morgan fingerprint density at radius 2 is 1.88 bits per heavy atom. The Morgan fingerprint density at radius 3 is 2.55 bits per heavy atom. The standard InChI is InChI=1S/C27H35N3O3/c1-20(2)29-26(32)27(17-21-10-12-22(13-11-21)24-9-6-14-28-18-24)19-30(15-16-33-27)25(31)23-7-4-3-5-8-23/h6,9-14,18,20,23H,3-5,7-8,15-17,19H2,1-2H3,(H,29,32)/t27-/m1/s1. The molecule has 1 atom stereocenters. The molecular weight excluding hydrogens is 414 g/mol. The van der Waals surface area contributed by atoms with Gasteiger partial charge in [0.05, 0.1) is 13.2 Å². The van der Waals surface area contributed by atoms with Crippen molar-refractivity contribution in [1.29, 1.82) is 0 Å². The lowest BCUT2D eigenvalue weighted by molar-refractivity contribution is -0.168. The minimum atomic E-state index is -1.08. The van der Waals surface area contributed by atoms with Crippen LogP contribution in [0.2, 0.25) is 0 Å². The summed E-state index contributed by atoms with van der Waals surface area (Å²) in [4.78, 5) is 32.7. The fourth-order valence-corrected chi connectivity index (χ4v) is 4.98. The second-order valence-corrected chi connectivity index (χ2v) is 9.68. The number of aromatic nitrogens is 1.